The minimum atomic E-state index is -0.836. The molecule has 0 aromatic carbocycles. The monoisotopic (exact) mass is 258 g/mol. The molecule has 106 valence electrons. The Morgan fingerprint density at radius 1 is 1.06 bits per heavy atom. The highest BCUT2D eigenvalue weighted by Gasteiger charge is 2.17. The predicted octanol–water partition coefficient (Wildman–Crippen LogP) is 2.08. The lowest BCUT2D eigenvalue weighted by molar-refractivity contribution is -0.137. The maximum absolute atomic E-state index is 11.5. The van der Waals surface area contributed by atoms with E-state index in [9.17, 15) is 9.59 Å². The van der Waals surface area contributed by atoms with Gasteiger partial charge >= 0.3 is 12.0 Å². The number of nitrogens with one attached hydrogen (secondary N) is 2. The lowest BCUT2D eigenvalue weighted by Crippen LogP contribution is -2.40. The summed E-state index contributed by atoms with van der Waals surface area (Å²) in [5.74, 6) is 0.668. The van der Waals surface area contributed by atoms with Gasteiger partial charge in [-0.15, -0.1) is 0 Å². The first kappa shape index (κ1) is 16.7. The van der Waals surface area contributed by atoms with Crippen molar-refractivity contribution in [2.45, 2.75) is 40.5 Å². The third-order valence-electron chi connectivity index (χ3n) is 3.06. The number of carbonyl (C=O) groups excluding carboxylic acids is 1. The SMILES string of the molecule is CC(C)C(CNC(=O)NCCCC(=O)O)C(C)C. The molecule has 18 heavy (non-hydrogen) atoms. The molecular formula is C13H26N2O3. The van der Waals surface area contributed by atoms with E-state index in [-0.39, 0.29) is 12.5 Å². The fourth-order valence-corrected chi connectivity index (χ4v) is 1.96. The molecule has 0 radical (unpaired) electrons. The lowest BCUT2D eigenvalue weighted by Gasteiger charge is -2.25. The Balaban J connectivity index is 3.78. The molecule has 0 saturated heterocycles. The third-order valence-corrected chi connectivity index (χ3v) is 3.06. The summed E-state index contributed by atoms with van der Waals surface area (Å²) in [6.45, 7) is 9.65. The number of rotatable bonds is 8. The maximum Gasteiger partial charge on any atom is 0.314 e. The summed E-state index contributed by atoms with van der Waals surface area (Å²) in [5, 5.41) is 13.9. The van der Waals surface area contributed by atoms with E-state index in [4.69, 9.17) is 5.11 Å². The molecule has 0 atom stereocenters. The predicted molar refractivity (Wildman–Crippen MR) is 71.4 cm³/mol. The molecule has 0 fully saturated rings. The summed E-state index contributed by atoms with van der Waals surface area (Å²) in [4.78, 5) is 21.7. The zero-order valence-electron chi connectivity index (χ0n) is 11.8. The molecule has 0 aromatic rings. The van der Waals surface area contributed by atoms with Crippen molar-refractivity contribution in [3.8, 4) is 0 Å². The van der Waals surface area contributed by atoms with Crippen LogP contribution in [0.15, 0.2) is 0 Å². The van der Waals surface area contributed by atoms with E-state index >= 15 is 0 Å². The van der Waals surface area contributed by atoms with E-state index in [0.29, 0.717) is 37.3 Å². The summed E-state index contributed by atoms with van der Waals surface area (Å²) in [7, 11) is 0. The smallest absolute Gasteiger partial charge is 0.314 e. The average Bonchev–Trinajstić information content (AvgIpc) is 2.23. The molecular weight excluding hydrogens is 232 g/mol. The number of amides is 2. The molecule has 0 bridgehead atoms. The lowest BCUT2D eigenvalue weighted by atomic mass is 9.85. The van der Waals surface area contributed by atoms with Crippen molar-refractivity contribution in [3.05, 3.63) is 0 Å². The number of hydrogen-bond acceptors (Lipinski definition) is 2. The van der Waals surface area contributed by atoms with Gasteiger partial charge in [-0.25, -0.2) is 4.79 Å². The largest absolute Gasteiger partial charge is 0.481 e. The van der Waals surface area contributed by atoms with Crippen LogP contribution in [0.2, 0.25) is 0 Å². The van der Waals surface area contributed by atoms with Crippen molar-refractivity contribution < 1.29 is 14.7 Å². The van der Waals surface area contributed by atoms with Gasteiger partial charge in [0.2, 0.25) is 0 Å². The van der Waals surface area contributed by atoms with Crippen LogP contribution in [0.4, 0.5) is 4.79 Å². The number of aliphatic carboxylic acids is 1. The minimum Gasteiger partial charge on any atom is -0.481 e. The summed E-state index contributed by atoms with van der Waals surface area (Å²) < 4.78 is 0. The second-order valence-corrected chi connectivity index (χ2v) is 5.29. The van der Waals surface area contributed by atoms with Crippen molar-refractivity contribution in [3.63, 3.8) is 0 Å². The molecule has 0 rings (SSSR count). The van der Waals surface area contributed by atoms with E-state index in [2.05, 4.69) is 38.3 Å². The minimum absolute atomic E-state index is 0.0842. The maximum atomic E-state index is 11.5. The Labute approximate surface area is 109 Å². The van der Waals surface area contributed by atoms with Gasteiger partial charge in [-0.3, -0.25) is 4.79 Å². The quantitative estimate of drug-likeness (QED) is 0.583. The van der Waals surface area contributed by atoms with Crippen LogP contribution < -0.4 is 10.6 Å². The Bertz CT molecular complexity index is 257. The summed E-state index contributed by atoms with van der Waals surface area (Å²) in [5.41, 5.74) is 0. The van der Waals surface area contributed by atoms with E-state index in [1.165, 1.54) is 0 Å². The van der Waals surface area contributed by atoms with Gasteiger partial charge in [0.05, 0.1) is 0 Å². The molecule has 2 amide bonds. The standard InChI is InChI=1S/C13H26N2O3/c1-9(2)11(10(3)4)8-15-13(18)14-7-5-6-12(16)17/h9-11H,5-8H2,1-4H3,(H,16,17)(H2,14,15,18). The molecule has 0 saturated carbocycles. The fraction of sp³-hybridized carbons (Fsp3) is 0.846. The van der Waals surface area contributed by atoms with Crippen LogP contribution in [-0.4, -0.2) is 30.2 Å². The highest BCUT2D eigenvalue weighted by Crippen LogP contribution is 2.19. The van der Waals surface area contributed by atoms with Gasteiger partial charge in [0.25, 0.3) is 0 Å². The highest BCUT2D eigenvalue weighted by molar-refractivity contribution is 5.73. The van der Waals surface area contributed by atoms with Crippen LogP contribution in [0, 0.1) is 17.8 Å². The topological polar surface area (TPSA) is 78.4 Å². The van der Waals surface area contributed by atoms with Crippen LogP contribution in [0.1, 0.15) is 40.5 Å². The molecule has 0 heterocycles. The van der Waals surface area contributed by atoms with Crippen LogP contribution >= 0.6 is 0 Å². The van der Waals surface area contributed by atoms with E-state index in [1.54, 1.807) is 0 Å². The fourth-order valence-electron chi connectivity index (χ4n) is 1.96. The summed E-state index contributed by atoms with van der Waals surface area (Å²) in [6.07, 6.45) is 0.543. The number of hydrogen-bond donors (Lipinski definition) is 3. The molecule has 3 N–H and O–H groups in total. The van der Waals surface area contributed by atoms with Crippen molar-refractivity contribution in [1.29, 1.82) is 0 Å². The van der Waals surface area contributed by atoms with E-state index in [1.807, 2.05) is 0 Å². The third kappa shape index (κ3) is 7.92. The van der Waals surface area contributed by atoms with Crippen LogP contribution in [0.25, 0.3) is 0 Å². The van der Waals surface area contributed by atoms with Gasteiger partial charge in [0, 0.05) is 19.5 Å². The van der Waals surface area contributed by atoms with Gasteiger partial charge in [0.1, 0.15) is 0 Å². The first-order valence-corrected chi connectivity index (χ1v) is 6.58. The molecule has 0 unspecified atom stereocenters. The zero-order valence-corrected chi connectivity index (χ0v) is 11.8. The van der Waals surface area contributed by atoms with Gasteiger partial charge in [-0.2, -0.15) is 0 Å². The molecule has 0 spiro atoms. The Morgan fingerprint density at radius 3 is 2.06 bits per heavy atom. The van der Waals surface area contributed by atoms with Crippen molar-refractivity contribution >= 4 is 12.0 Å². The molecule has 0 aliphatic heterocycles. The average molecular weight is 258 g/mol. The first-order chi connectivity index (χ1) is 8.34. The van der Waals surface area contributed by atoms with Crippen molar-refractivity contribution in [2.75, 3.05) is 13.1 Å². The van der Waals surface area contributed by atoms with Gasteiger partial charge in [-0.05, 0) is 24.2 Å². The van der Waals surface area contributed by atoms with Crippen molar-refractivity contribution in [1.82, 2.24) is 10.6 Å². The van der Waals surface area contributed by atoms with Gasteiger partial charge < -0.3 is 15.7 Å². The van der Waals surface area contributed by atoms with Gasteiger partial charge in [-0.1, -0.05) is 27.7 Å². The summed E-state index contributed by atoms with van der Waals surface area (Å²) in [6, 6.07) is -0.216. The molecule has 5 nitrogen and oxygen atoms in total. The Morgan fingerprint density at radius 2 is 1.61 bits per heavy atom. The molecule has 0 aromatic heterocycles. The molecule has 5 heteroatoms. The van der Waals surface area contributed by atoms with Crippen LogP contribution in [0.5, 0.6) is 0 Å². The van der Waals surface area contributed by atoms with Crippen LogP contribution in [-0.2, 0) is 4.79 Å². The number of urea groups is 1. The summed E-state index contributed by atoms with van der Waals surface area (Å²) >= 11 is 0. The van der Waals surface area contributed by atoms with E-state index < -0.39 is 5.97 Å². The second kappa shape index (κ2) is 8.78. The van der Waals surface area contributed by atoms with E-state index in [0.717, 1.165) is 0 Å². The Hall–Kier alpha value is -1.26. The van der Waals surface area contributed by atoms with Crippen LogP contribution in [0.3, 0.4) is 0 Å². The second-order valence-electron chi connectivity index (χ2n) is 5.29. The molecule has 0 aliphatic rings. The Kier molecular flexibility index (Phi) is 8.16. The zero-order chi connectivity index (χ0) is 14.1. The number of carboxylic acid groups (broad SMARTS) is 1. The molecule has 0 aliphatic carbocycles. The normalized spacial score (nSPS) is 11.1. The highest BCUT2D eigenvalue weighted by atomic mass is 16.4. The van der Waals surface area contributed by atoms with Crippen molar-refractivity contribution in [2.24, 2.45) is 17.8 Å². The first-order valence-electron chi connectivity index (χ1n) is 6.58. The number of carboxylic acids is 1. The van der Waals surface area contributed by atoms with Gasteiger partial charge in [0.15, 0.2) is 0 Å². The number of carbonyl (C=O) groups is 2.